The van der Waals surface area contributed by atoms with Gasteiger partial charge in [0.05, 0.1) is 13.3 Å². The van der Waals surface area contributed by atoms with E-state index in [-0.39, 0.29) is 26.5 Å². The second-order valence-corrected chi connectivity index (χ2v) is 15.5. The standard InChI is InChI=1S/C47H50N4O2.Pt/c1-9-31(3)22-33-14-13-15-34(23-32(4)10-2)46(33)35-29-49-50(30-35)37-24-36(47(5,6)7)25-40(26-37)53-39-18-19-42-41-16-11-12-17-43(41)51(44(42)27-39)45-28-38(52-8)20-21-48-45;/h11-21,24-25,28-32H,9-10,22-23H2,1-8H3;/q-2;+2. The second-order valence-electron chi connectivity index (χ2n) is 15.5. The summed E-state index contributed by atoms with van der Waals surface area (Å²) >= 11 is 0. The number of hydrogen-bond donors (Lipinski definition) is 0. The van der Waals surface area contributed by atoms with Crippen molar-refractivity contribution < 1.29 is 30.5 Å². The number of nitrogens with zero attached hydrogens (tertiary/aromatic N) is 4. The van der Waals surface area contributed by atoms with E-state index in [1.807, 2.05) is 35.1 Å². The van der Waals surface area contributed by atoms with Crippen molar-refractivity contribution in [2.24, 2.45) is 11.8 Å². The molecule has 7 heteroatoms. The molecule has 0 amide bonds. The minimum absolute atomic E-state index is 0. The van der Waals surface area contributed by atoms with Gasteiger partial charge in [0.2, 0.25) is 0 Å². The van der Waals surface area contributed by atoms with Crippen molar-refractivity contribution in [1.29, 1.82) is 0 Å². The zero-order valence-electron chi connectivity index (χ0n) is 32.6. The molecule has 2 unspecified atom stereocenters. The number of ether oxygens (including phenoxy) is 2. The molecule has 0 aliphatic carbocycles. The summed E-state index contributed by atoms with van der Waals surface area (Å²) in [5.74, 6) is 3.89. The number of hydrogen-bond acceptors (Lipinski definition) is 4. The summed E-state index contributed by atoms with van der Waals surface area (Å²) in [5, 5.41) is 7.12. The third-order valence-corrected chi connectivity index (χ3v) is 10.5. The predicted octanol–water partition coefficient (Wildman–Crippen LogP) is 11.9. The summed E-state index contributed by atoms with van der Waals surface area (Å²) in [6.45, 7) is 15.9. The fraction of sp³-hybridized carbons (Fsp3) is 0.319. The van der Waals surface area contributed by atoms with E-state index in [1.54, 1.807) is 13.3 Å². The number of fused-ring (bicyclic) bond motifs is 3. The van der Waals surface area contributed by atoms with Gasteiger partial charge < -0.3 is 14.0 Å². The van der Waals surface area contributed by atoms with Gasteiger partial charge in [-0.3, -0.25) is 4.68 Å². The molecule has 0 saturated carbocycles. The molecule has 0 bridgehead atoms. The van der Waals surface area contributed by atoms with Gasteiger partial charge in [-0.05, 0) is 70.0 Å². The van der Waals surface area contributed by atoms with Gasteiger partial charge in [0.1, 0.15) is 11.6 Å². The number of pyridine rings is 1. The van der Waals surface area contributed by atoms with E-state index in [1.165, 1.54) is 16.7 Å². The van der Waals surface area contributed by atoms with E-state index >= 15 is 0 Å². The van der Waals surface area contributed by atoms with Crippen molar-refractivity contribution in [3.8, 4) is 39.9 Å². The molecular weight excluding hydrogens is 848 g/mol. The first-order chi connectivity index (χ1) is 25.6. The molecule has 54 heavy (non-hydrogen) atoms. The van der Waals surface area contributed by atoms with Crippen molar-refractivity contribution in [2.45, 2.75) is 79.6 Å². The fourth-order valence-corrected chi connectivity index (χ4v) is 7.07. The minimum atomic E-state index is -0.136. The van der Waals surface area contributed by atoms with Gasteiger partial charge in [-0.1, -0.05) is 103 Å². The molecule has 3 heterocycles. The number of methoxy groups -OCH3 is 1. The molecule has 0 spiro atoms. The molecule has 0 aliphatic rings. The molecule has 2 atom stereocenters. The van der Waals surface area contributed by atoms with Crippen LogP contribution in [0.15, 0.2) is 97.5 Å². The first kappa shape index (κ1) is 39.0. The Kier molecular flexibility index (Phi) is 11.8. The topological polar surface area (TPSA) is 54.1 Å². The largest absolute Gasteiger partial charge is 2.00 e. The quantitative estimate of drug-likeness (QED) is 0.115. The zero-order chi connectivity index (χ0) is 37.3. The molecule has 0 N–H and O–H groups in total. The van der Waals surface area contributed by atoms with Crippen LogP contribution in [0.1, 0.15) is 78.0 Å². The Morgan fingerprint density at radius 2 is 1.52 bits per heavy atom. The monoisotopic (exact) mass is 897 g/mol. The molecule has 0 radical (unpaired) electrons. The van der Waals surface area contributed by atoms with Gasteiger partial charge in [0.25, 0.3) is 0 Å². The van der Waals surface area contributed by atoms with E-state index in [0.717, 1.165) is 75.9 Å². The Bertz CT molecular complexity index is 2350. The smallest absolute Gasteiger partial charge is 0.509 e. The number of rotatable bonds is 12. The van der Waals surface area contributed by atoms with Crippen molar-refractivity contribution in [2.75, 3.05) is 7.11 Å². The maximum Gasteiger partial charge on any atom is 2.00 e. The number of aromatic nitrogens is 4. The summed E-state index contributed by atoms with van der Waals surface area (Å²) in [6.07, 6.45) is 10.3. The summed E-state index contributed by atoms with van der Waals surface area (Å²) in [6, 6.07) is 34.4. The van der Waals surface area contributed by atoms with Gasteiger partial charge >= 0.3 is 21.1 Å². The molecular formula is C47H50N4O2Pt. The summed E-state index contributed by atoms with van der Waals surface area (Å²) < 4.78 is 16.3. The molecule has 0 aliphatic heterocycles. The Hall–Kier alpha value is -4.67. The molecule has 280 valence electrons. The summed E-state index contributed by atoms with van der Waals surface area (Å²) in [7, 11) is 1.67. The Labute approximate surface area is 334 Å². The summed E-state index contributed by atoms with van der Waals surface area (Å²) in [5.41, 5.74) is 8.98. The fourth-order valence-electron chi connectivity index (χ4n) is 7.07. The van der Waals surface area contributed by atoms with Crippen molar-refractivity contribution in [1.82, 2.24) is 19.3 Å². The van der Waals surface area contributed by atoms with Crippen LogP contribution in [0.5, 0.6) is 17.2 Å². The molecule has 0 fully saturated rings. The van der Waals surface area contributed by atoms with Crippen molar-refractivity contribution >= 4 is 21.8 Å². The molecule has 4 aromatic carbocycles. The molecule has 7 aromatic rings. The first-order valence-electron chi connectivity index (χ1n) is 18.9. The van der Waals surface area contributed by atoms with Gasteiger partial charge in [-0.25, -0.2) is 4.98 Å². The Morgan fingerprint density at radius 3 is 2.20 bits per heavy atom. The molecule has 0 saturated heterocycles. The Balaban J connectivity index is 0.00000497. The minimum Gasteiger partial charge on any atom is -0.509 e. The summed E-state index contributed by atoms with van der Waals surface area (Å²) in [4.78, 5) is 4.70. The van der Waals surface area contributed by atoms with Crippen LogP contribution in [0.3, 0.4) is 0 Å². The van der Waals surface area contributed by atoms with E-state index in [0.29, 0.717) is 23.3 Å². The van der Waals surface area contributed by atoms with E-state index in [2.05, 4.69) is 126 Å². The average molecular weight is 898 g/mol. The van der Waals surface area contributed by atoms with Crippen LogP contribution in [-0.4, -0.2) is 26.4 Å². The number of para-hydroxylation sites is 1. The third-order valence-electron chi connectivity index (χ3n) is 10.5. The molecule has 3 aromatic heterocycles. The normalized spacial score (nSPS) is 12.8. The SMILES string of the molecule is CCC(C)Cc1cccc(CC(C)CC)c1-c1cnn(-c2[c-]c(Oc3[c-]c4c(cc3)c3ccccc3n4-c3cc(OC)ccn3)cc(C(C)(C)C)c2)c1.[Pt+2]. The second kappa shape index (κ2) is 16.4. The van der Waals surface area contributed by atoms with Crippen molar-refractivity contribution in [3.63, 3.8) is 0 Å². The maximum absolute atomic E-state index is 6.65. The van der Waals surface area contributed by atoms with E-state index in [9.17, 15) is 0 Å². The van der Waals surface area contributed by atoms with Crippen LogP contribution in [0.2, 0.25) is 0 Å². The number of benzene rings is 4. The van der Waals surface area contributed by atoms with Crippen LogP contribution in [-0.2, 0) is 39.3 Å². The predicted molar refractivity (Wildman–Crippen MR) is 217 cm³/mol. The third kappa shape index (κ3) is 8.05. The van der Waals surface area contributed by atoms with Crippen LogP contribution in [0.25, 0.3) is 44.4 Å². The average Bonchev–Trinajstić information content (AvgIpc) is 3.77. The van der Waals surface area contributed by atoms with Crippen LogP contribution in [0, 0.1) is 24.0 Å². The van der Waals surface area contributed by atoms with Crippen LogP contribution in [0.4, 0.5) is 0 Å². The van der Waals surface area contributed by atoms with Crippen LogP contribution >= 0.6 is 0 Å². The van der Waals surface area contributed by atoms with Gasteiger partial charge in [0, 0.05) is 41.0 Å². The Morgan fingerprint density at radius 1 is 0.796 bits per heavy atom. The van der Waals surface area contributed by atoms with Crippen LogP contribution < -0.4 is 9.47 Å². The molecule has 6 nitrogen and oxygen atoms in total. The maximum atomic E-state index is 6.65. The van der Waals surface area contributed by atoms with Gasteiger partial charge in [0.15, 0.2) is 0 Å². The van der Waals surface area contributed by atoms with E-state index in [4.69, 9.17) is 19.6 Å². The van der Waals surface area contributed by atoms with Crippen molar-refractivity contribution in [3.05, 3.63) is 126 Å². The van der Waals surface area contributed by atoms with Gasteiger partial charge in [-0.15, -0.1) is 41.3 Å². The zero-order valence-corrected chi connectivity index (χ0v) is 34.9. The van der Waals surface area contributed by atoms with E-state index < -0.39 is 0 Å². The van der Waals surface area contributed by atoms with Gasteiger partial charge in [-0.2, -0.15) is 11.2 Å². The molecule has 7 rings (SSSR count). The first-order valence-corrected chi connectivity index (χ1v) is 18.9.